The zero-order chi connectivity index (χ0) is 18.4. The first-order valence-corrected chi connectivity index (χ1v) is 7.17. The molecule has 0 amide bonds. The summed E-state index contributed by atoms with van der Waals surface area (Å²) in [5.41, 5.74) is 0.260. The lowest BCUT2D eigenvalue weighted by molar-refractivity contribution is -0.384. The number of esters is 1. The molecule has 2 rings (SSSR count). The molecule has 0 aromatic heterocycles. The van der Waals surface area contributed by atoms with Crippen LogP contribution in [0.25, 0.3) is 0 Å². The van der Waals surface area contributed by atoms with Gasteiger partial charge in [0.15, 0.2) is 23.9 Å². The minimum Gasteiger partial charge on any atom is -0.493 e. The average molecular weight is 345 g/mol. The van der Waals surface area contributed by atoms with Crippen molar-refractivity contribution in [3.8, 4) is 17.2 Å². The molecule has 2 aromatic rings. The van der Waals surface area contributed by atoms with Gasteiger partial charge in [-0.2, -0.15) is 0 Å². The Kier molecular flexibility index (Phi) is 5.67. The number of carbonyl (C=O) groups is 2. The molecule has 25 heavy (non-hydrogen) atoms. The van der Waals surface area contributed by atoms with Crippen LogP contribution < -0.4 is 14.2 Å². The van der Waals surface area contributed by atoms with Gasteiger partial charge < -0.3 is 14.2 Å². The van der Waals surface area contributed by atoms with Gasteiger partial charge >= 0.3 is 5.97 Å². The lowest BCUT2D eigenvalue weighted by Gasteiger charge is -2.11. The van der Waals surface area contributed by atoms with E-state index in [9.17, 15) is 19.7 Å². The summed E-state index contributed by atoms with van der Waals surface area (Å²) in [4.78, 5) is 33.3. The van der Waals surface area contributed by atoms with Crippen molar-refractivity contribution in [3.05, 3.63) is 58.1 Å². The third kappa shape index (κ3) is 4.77. The van der Waals surface area contributed by atoms with E-state index < -0.39 is 17.5 Å². The van der Waals surface area contributed by atoms with Crippen molar-refractivity contribution in [1.82, 2.24) is 0 Å². The minimum atomic E-state index is -0.738. The molecule has 0 saturated heterocycles. The first-order chi connectivity index (χ1) is 11.9. The second-order valence-electron chi connectivity index (χ2n) is 4.94. The van der Waals surface area contributed by atoms with E-state index in [-0.39, 0.29) is 23.0 Å². The Morgan fingerprint density at radius 2 is 1.88 bits per heavy atom. The number of benzene rings is 2. The van der Waals surface area contributed by atoms with E-state index >= 15 is 0 Å². The summed E-state index contributed by atoms with van der Waals surface area (Å²) >= 11 is 0. The summed E-state index contributed by atoms with van der Waals surface area (Å²) in [7, 11) is 1.41. The van der Waals surface area contributed by atoms with Crippen molar-refractivity contribution in [2.24, 2.45) is 0 Å². The first kappa shape index (κ1) is 17.9. The van der Waals surface area contributed by atoms with Gasteiger partial charge in [-0.1, -0.05) is 6.07 Å². The third-order valence-corrected chi connectivity index (χ3v) is 3.18. The summed E-state index contributed by atoms with van der Waals surface area (Å²) in [6, 6.07) is 9.82. The number of rotatable bonds is 7. The number of carbonyl (C=O) groups excluding carboxylic acids is 2. The molecule has 0 N–H and O–H groups in total. The maximum absolute atomic E-state index is 11.8. The smallest absolute Gasteiger partial charge is 0.349 e. The third-order valence-electron chi connectivity index (χ3n) is 3.18. The van der Waals surface area contributed by atoms with Crippen LogP contribution in [0.15, 0.2) is 42.5 Å². The second kappa shape index (κ2) is 7.91. The topological polar surface area (TPSA) is 105 Å². The number of nitrogens with zero attached hydrogens (tertiary/aromatic N) is 1. The molecule has 8 heteroatoms. The minimum absolute atomic E-state index is 0.0432. The zero-order valence-electron chi connectivity index (χ0n) is 13.6. The van der Waals surface area contributed by atoms with E-state index in [0.29, 0.717) is 11.3 Å². The molecular weight excluding hydrogens is 330 g/mol. The highest BCUT2D eigenvalue weighted by atomic mass is 16.6. The monoisotopic (exact) mass is 345 g/mol. The van der Waals surface area contributed by atoms with Crippen LogP contribution in [-0.2, 0) is 4.79 Å². The van der Waals surface area contributed by atoms with Crippen LogP contribution in [0, 0.1) is 10.1 Å². The molecule has 0 fully saturated rings. The number of ketones is 1. The maximum Gasteiger partial charge on any atom is 0.349 e. The largest absolute Gasteiger partial charge is 0.493 e. The van der Waals surface area contributed by atoms with Gasteiger partial charge in [-0.15, -0.1) is 0 Å². The number of hydrogen-bond acceptors (Lipinski definition) is 7. The lowest BCUT2D eigenvalue weighted by atomic mass is 10.1. The first-order valence-electron chi connectivity index (χ1n) is 7.17. The fraction of sp³-hybridized carbons (Fsp3) is 0.176. The molecule has 2 aromatic carbocycles. The molecule has 0 atom stereocenters. The van der Waals surface area contributed by atoms with Crippen LogP contribution in [0.2, 0.25) is 0 Å². The zero-order valence-corrected chi connectivity index (χ0v) is 13.6. The summed E-state index contributed by atoms with van der Waals surface area (Å²) in [6.45, 7) is 0.990. The highest BCUT2D eigenvalue weighted by Gasteiger charge is 2.13. The van der Waals surface area contributed by atoms with E-state index in [4.69, 9.17) is 14.2 Å². The van der Waals surface area contributed by atoms with E-state index in [1.54, 1.807) is 6.07 Å². The standard InChI is InChI=1S/C17H15NO7/c1-11(19)12-6-7-15(16(8-12)23-2)24-10-17(20)25-14-5-3-4-13(9-14)18(21)22/h3-9H,10H2,1-2H3. The highest BCUT2D eigenvalue weighted by Crippen LogP contribution is 2.28. The number of methoxy groups -OCH3 is 1. The maximum atomic E-state index is 11.8. The molecular formula is C17H15NO7. The Hall–Kier alpha value is -3.42. The average Bonchev–Trinajstić information content (AvgIpc) is 2.59. The summed E-state index contributed by atoms with van der Waals surface area (Å²) in [5, 5.41) is 10.7. The Morgan fingerprint density at radius 3 is 2.52 bits per heavy atom. The van der Waals surface area contributed by atoms with Crippen molar-refractivity contribution in [1.29, 1.82) is 0 Å². The molecule has 8 nitrogen and oxygen atoms in total. The Labute approximate surface area is 143 Å². The summed E-state index contributed by atoms with van der Waals surface area (Å²) < 4.78 is 15.5. The quantitative estimate of drug-likeness (QED) is 0.250. The van der Waals surface area contributed by atoms with Gasteiger partial charge in [0, 0.05) is 11.6 Å². The van der Waals surface area contributed by atoms with E-state index in [2.05, 4.69) is 0 Å². The Balaban J connectivity index is 2.01. The number of ether oxygens (including phenoxy) is 3. The fourth-order valence-corrected chi connectivity index (χ4v) is 1.96. The van der Waals surface area contributed by atoms with Crippen molar-refractivity contribution < 1.29 is 28.7 Å². The second-order valence-corrected chi connectivity index (χ2v) is 4.94. The molecule has 0 aliphatic carbocycles. The molecule has 0 radical (unpaired) electrons. The van der Waals surface area contributed by atoms with E-state index in [1.165, 1.54) is 44.4 Å². The number of nitro benzene ring substituents is 1. The number of hydrogen-bond donors (Lipinski definition) is 0. The molecule has 0 saturated carbocycles. The Morgan fingerprint density at radius 1 is 1.12 bits per heavy atom. The summed E-state index contributed by atoms with van der Waals surface area (Å²) in [6.07, 6.45) is 0. The molecule has 0 spiro atoms. The number of Topliss-reactive ketones (excluding diaryl/α,β-unsaturated/α-hetero) is 1. The predicted molar refractivity (Wildman–Crippen MR) is 87.2 cm³/mol. The SMILES string of the molecule is COc1cc(C(C)=O)ccc1OCC(=O)Oc1cccc([N+](=O)[O-])c1. The van der Waals surface area contributed by atoms with E-state index in [1.807, 2.05) is 0 Å². The van der Waals surface area contributed by atoms with Crippen molar-refractivity contribution in [2.75, 3.05) is 13.7 Å². The fourth-order valence-electron chi connectivity index (χ4n) is 1.96. The van der Waals surface area contributed by atoms with Gasteiger partial charge in [-0.05, 0) is 31.2 Å². The van der Waals surface area contributed by atoms with Gasteiger partial charge in [-0.25, -0.2) is 4.79 Å². The molecule has 130 valence electrons. The summed E-state index contributed by atoms with van der Waals surface area (Å²) in [5.74, 6) is -0.255. The van der Waals surface area contributed by atoms with Crippen LogP contribution in [0.5, 0.6) is 17.2 Å². The van der Waals surface area contributed by atoms with Crippen LogP contribution in [0.1, 0.15) is 17.3 Å². The van der Waals surface area contributed by atoms with Gasteiger partial charge in [0.1, 0.15) is 5.75 Å². The predicted octanol–water partition coefficient (Wildman–Crippen LogP) is 2.79. The molecule has 0 aliphatic rings. The van der Waals surface area contributed by atoms with Crippen molar-refractivity contribution in [2.45, 2.75) is 6.92 Å². The lowest BCUT2D eigenvalue weighted by Crippen LogP contribution is -2.18. The highest BCUT2D eigenvalue weighted by molar-refractivity contribution is 5.94. The van der Waals surface area contributed by atoms with Gasteiger partial charge in [0.2, 0.25) is 0 Å². The molecule has 0 unspecified atom stereocenters. The van der Waals surface area contributed by atoms with Crippen LogP contribution in [-0.4, -0.2) is 30.4 Å². The number of nitro groups is 1. The van der Waals surface area contributed by atoms with Crippen LogP contribution in [0.3, 0.4) is 0 Å². The van der Waals surface area contributed by atoms with Crippen LogP contribution in [0.4, 0.5) is 5.69 Å². The van der Waals surface area contributed by atoms with Gasteiger partial charge in [0.25, 0.3) is 5.69 Å². The van der Waals surface area contributed by atoms with E-state index in [0.717, 1.165) is 6.07 Å². The number of non-ortho nitro benzene ring substituents is 1. The van der Waals surface area contributed by atoms with Gasteiger partial charge in [-0.3, -0.25) is 14.9 Å². The normalized spacial score (nSPS) is 10.0. The molecule has 0 aliphatic heterocycles. The van der Waals surface area contributed by atoms with Crippen molar-refractivity contribution >= 4 is 17.4 Å². The van der Waals surface area contributed by atoms with Crippen molar-refractivity contribution in [3.63, 3.8) is 0 Å². The molecule has 0 heterocycles. The Bertz CT molecular complexity index is 816. The van der Waals surface area contributed by atoms with Crippen LogP contribution >= 0.6 is 0 Å². The van der Waals surface area contributed by atoms with Gasteiger partial charge in [0.05, 0.1) is 18.1 Å². The molecule has 0 bridgehead atoms.